The fourth-order valence-corrected chi connectivity index (χ4v) is 2.80. The van der Waals surface area contributed by atoms with E-state index < -0.39 is 5.97 Å². The molecule has 2 N–H and O–H groups in total. The monoisotopic (exact) mass is 212 g/mol. The lowest BCUT2D eigenvalue weighted by Crippen LogP contribution is -2.58. The molecule has 4 nitrogen and oxygen atoms in total. The van der Waals surface area contributed by atoms with Gasteiger partial charge in [0.2, 0.25) is 0 Å². The van der Waals surface area contributed by atoms with Crippen LogP contribution in [-0.4, -0.2) is 47.7 Å². The molecule has 2 rings (SSSR count). The van der Waals surface area contributed by atoms with Crippen LogP contribution >= 0.6 is 0 Å². The molecule has 1 aliphatic heterocycles. The van der Waals surface area contributed by atoms with Crippen molar-refractivity contribution in [3.05, 3.63) is 0 Å². The van der Waals surface area contributed by atoms with Crippen LogP contribution in [0.25, 0.3) is 0 Å². The van der Waals surface area contributed by atoms with E-state index in [0.29, 0.717) is 12.6 Å². The van der Waals surface area contributed by atoms with Crippen LogP contribution in [0.2, 0.25) is 0 Å². The van der Waals surface area contributed by atoms with Crippen molar-refractivity contribution in [3.63, 3.8) is 0 Å². The smallest absolute Gasteiger partial charge is 0.322 e. The Morgan fingerprint density at radius 3 is 2.67 bits per heavy atom. The van der Waals surface area contributed by atoms with E-state index in [-0.39, 0.29) is 6.04 Å². The second-order valence-electron chi connectivity index (χ2n) is 4.59. The number of hydrogen-bond acceptors (Lipinski definition) is 3. The van der Waals surface area contributed by atoms with E-state index in [1.54, 1.807) is 0 Å². The van der Waals surface area contributed by atoms with Crippen LogP contribution in [0.15, 0.2) is 0 Å². The number of rotatable bonds is 2. The zero-order valence-corrected chi connectivity index (χ0v) is 9.11. The molecular formula is C11H20N2O2. The Bertz CT molecular complexity index is 227. The van der Waals surface area contributed by atoms with Gasteiger partial charge in [-0.15, -0.1) is 0 Å². The van der Waals surface area contributed by atoms with Crippen LogP contribution in [0.5, 0.6) is 0 Å². The van der Waals surface area contributed by atoms with Crippen molar-refractivity contribution >= 4 is 5.97 Å². The minimum atomic E-state index is -0.673. The summed E-state index contributed by atoms with van der Waals surface area (Å²) in [6.07, 6.45) is 6.22. The maximum atomic E-state index is 11.1. The molecule has 0 amide bonds. The van der Waals surface area contributed by atoms with Crippen LogP contribution < -0.4 is 5.32 Å². The molecule has 2 fully saturated rings. The molecule has 15 heavy (non-hydrogen) atoms. The summed E-state index contributed by atoms with van der Waals surface area (Å²) in [4.78, 5) is 13.3. The average molecular weight is 212 g/mol. The van der Waals surface area contributed by atoms with E-state index in [1.807, 2.05) is 0 Å². The van der Waals surface area contributed by atoms with E-state index >= 15 is 0 Å². The summed E-state index contributed by atoms with van der Waals surface area (Å²) in [5.41, 5.74) is 0. The maximum Gasteiger partial charge on any atom is 0.322 e. The summed E-state index contributed by atoms with van der Waals surface area (Å²) in [5.74, 6) is -0.673. The highest BCUT2D eigenvalue weighted by atomic mass is 16.4. The number of carbonyl (C=O) groups is 1. The number of hydrogen-bond donors (Lipinski definition) is 2. The van der Waals surface area contributed by atoms with Crippen molar-refractivity contribution in [2.75, 3.05) is 19.6 Å². The first-order chi connectivity index (χ1) is 7.29. The lowest BCUT2D eigenvalue weighted by atomic mass is 9.92. The molecule has 1 saturated carbocycles. The normalized spacial score (nSPS) is 30.3. The highest BCUT2D eigenvalue weighted by Gasteiger charge is 2.33. The van der Waals surface area contributed by atoms with Gasteiger partial charge in [-0.25, -0.2) is 0 Å². The fourth-order valence-electron chi connectivity index (χ4n) is 2.80. The van der Waals surface area contributed by atoms with E-state index in [1.165, 1.54) is 32.1 Å². The number of carboxylic acid groups (broad SMARTS) is 1. The second-order valence-corrected chi connectivity index (χ2v) is 4.59. The van der Waals surface area contributed by atoms with Crippen LogP contribution in [0.3, 0.4) is 0 Å². The Hall–Kier alpha value is -0.610. The summed E-state index contributed by atoms with van der Waals surface area (Å²) in [5, 5.41) is 12.3. The molecule has 0 radical (unpaired) electrons. The van der Waals surface area contributed by atoms with Gasteiger partial charge in [0.25, 0.3) is 0 Å². The molecule has 2 aliphatic rings. The summed E-state index contributed by atoms with van der Waals surface area (Å²) >= 11 is 0. The number of nitrogens with zero attached hydrogens (tertiary/aromatic N) is 1. The minimum absolute atomic E-state index is 0.304. The zero-order valence-electron chi connectivity index (χ0n) is 9.11. The van der Waals surface area contributed by atoms with Crippen LogP contribution in [0, 0.1) is 0 Å². The van der Waals surface area contributed by atoms with E-state index in [2.05, 4.69) is 10.2 Å². The van der Waals surface area contributed by atoms with Crippen LogP contribution in [0.1, 0.15) is 32.1 Å². The van der Waals surface area contributed by atoms with Gasteiger partial charge in [0.15, 0.2) is 0 Å². The largest absolute Gasteiger partial charge is 0.480 e. The predicted molar refractivity (Wildman–Crippen MR) is 57.9 cm³/mol. The Labute approximate surface area is 90.6 Å². The fraction of sp³-hybridized carbons (Fsp3) is 0.909. The molecule has 1 aliphatic carbocycles. The molecule has 1 atom stereocenters. The Morgan fingerprint density at radius 1 is 1.27 bits per heavy atom. The maximum absolute atomic E-state index is 11.1. The van der Waals surface area contributed by atoms with Gasteiger partial charge in [-0.05, 0) is 12.8 Å². The standard InChI is InChI=1S/C11H20N2O2/c14-11(15)10-8-12-6-7-13(10)9-4-2-1-3-5-9/h9-10,12H,1-8H2,(H,14,15). The van der Waals surface area contributed by atoms with Crippen molar-refractivity contribution in [1.29, 1.82) is 0 Å². The molecule has 1 unspecified atom stereocenters. The zero-order chi connectivity index (χ0) is 10.7. The van der Waals surface area contributed by atoms with Gasteiger partial charge in [-0.3, -0.25) is 9.69 Å². The van der Waals surface area contributed by atoms with Crippen LogP contribution in [-0.2, 0) is 4.79 Å². The minimum Gasteiger partial charge on any atom is -0.480 e. The predicted octanol–water partition coefficient (Wildman–Crippen LogP) is 0.677. The summed E-state index contributed by atoms with van der Waals surface area (Å²) < 4.78 is 0. The van der Waals surface area contributed by atoms with Crippen molar-refractivity contribution in [2.45, 2.75) is 44.2 Å². The summed E-state index contributed by atoms with van der Waals surface area (Å²) in [7, 11) is 0. The number of aliphatic carboxylic acids is 1. The molecule has 86 valence electrons. The molecule has 1 heterocycles. The third-order valence-corrected chi connectivity index (χ3v) is 3.61. The third-order valence-electron chi connectivity index (χ3n) is 3.61. The lowest BCUT2D eigenvalue weighted by Gasteiger charge is -2.41. The highest BCUT2D eigenvalue weighted by Crippen LogP contribution is 2.24. The van der Waals surface area contributed by atoms with Gasteiger partial charge in [0, 0.05) is 25.7 Å². The molecule has 4 heteroatoms. The van der Waals surface area contributed by atoms with Gasteiger partial charge in [0.1, 0.15) is 6.04 Å². The molecule has 0 aromatic rings. The summed E-state index contributed by atoms with van der Waals surface area (Å²) in [6.45, 7) is 2.42. The first-order valence-corrected chi connectivity index (χ1v) is 5.98. The molecule has 0 bridgehead atoms. The van der Waals surface area contributed by atoms with Crippen molar-refractivity contribution in [3.8, 4) is 0 Å². The highest BCUT2D eigenvalue weighted by molar-refractivity contribution is 5.74. The quantitative estimate of drug-likeness (QED) is 0.706. The SMILES string of the molecule is O=C(O)C1CNCCN1C1CCCCC1. The van der Waals surface area contributed by atoms with Crippen molar-refractivity contribution < 1.29 is 9.90 Å². The van der Waals surface area contributed by atoms with E-state index in [4.69, 9.17) is 5.11 Å². The molecule has 0 spiro atoms. The molecule has 0 aromatic carbocycles. The Kier molecular flexibility index (Phi) is 3.59. The van der Waals surface area contributed by atoms with E-state index in [0.717, 1.165) is 13.1 Å². The van der Waals surface area contributed by atoms with Crippen LogP contribution in [0.4, 0.5) is 0 Å². The van der Waals surface area contributed by atoms with Crippen molar-refractivity contribution in [1.82, 2.24) is 10.2 Å². The second kappa shape index (κ2) is 4.94. The average Bonchev–Trinajstić information content (AvgIpc) is 2.30. The van der Waals surface area contributed by atoms with E-state index in [9.17, 15) is 4.79 Å². The van der Waals surface area contributed by atoms with Gasteiger partial charge in [-0.2, -0.15) is 0 Å². The number of carboxylic acids is 1. The van der Waals surface area contributed by atoms with Gasteiger partial charge >= 0.3 is 5.97 Å². The first kappa shape index (κ1) is 10.9. The third kappa shape index (κ3) is 2.49. The number of piperazine rings is 1. The topological polar surface area (TPSA) is 52.6 Å². The van der Waals surface area contributed by atoms with Gasteiger partial charge < -0.3 is 10.4 Å². The Morgan fingerprint density at radius 2 is 2.00 bits per heavy atom. The number of nitrogens with one attached hydrogen (secondary N) is 1. The summed E-state index contributed by atoms with van der Waals surface area (Å²) in [6, 6.07) is 0.212. The van der Waals surface area contributed by atoms with Gasteiger partial charge in [-0.1, -0.05) is 19.3 Å². The molecular weight excluding hydrogens is 192 g/mol. The Balaban J connectivity index is 1.99. The first-order valence-electron chi connectivity index (χ1n) is 5.98. The molecule has 1 saturated heterocycles. The lowest BCUT2D eigenvalue weighted by molar-refractivity contribution is -0.145. The van der Waals surface area contributed by atoms with Gasteiger partial charge in [0.05, 0.1) is 0 Å². The van der Waals surface area contributed by atoms with Crippen molar-refractivity contribution in [2.24, 2.45) is 0 Å². The molecule has 0 aromatic heterocycles.